The molecule has 2 heterocycles. The van der Waals surface area contributed by atoms with Gasteiger partial charge in [-0.05, 0) is 33.8 Å². The minimum absolute atomic E-state index is 0.287. The molecule has 0 radical (unpaired) electrons. The molecule has 1 aliphatic rings. The summed E-state index contributed by atoms with van der Waals surface area (Å²) in [6.45, 7) is 7.88. The molecule has 0 N–H and O–H groups in total. The molecule has 1 aromatic heterocycles. The van der Waals surface area contributed by atoms with E-state index in [1.807, 2.05) is 27.7 Å². The van der Waals surface area contributed by atoms with Crippen molar-refractivity contribution in [1.82, 2.24) is 4.98 Å². The van der Waals surface area contributed by atoms with E-state index in [9.17, 15) is 5.26 Å². The van der Waals surface area contributed by atoms with Crippen molar-refractivity contribution in [2.45, 2.75) is 38.9 Å². The van der Waals surface area contributed by atoms with Gasteiger partial charge in [0.15, 0.2) is 0 Å². The van der Waals surface area contributed by atoms with Crippen LogP contribution < -0.4 is 10.2 Å². The number of aromatic nitrogens is 1. The maximum absolute atomic E-state index is 9.27. The van der Waals surface area contributed by atoms with E-state index in [1.54, 1.807) is 12.3 Å². The maximum atomic E-state index is 9.27. The molecule has 0 saturated carbocycles. The SMILES string of the molecule is COc1nccc(B2OC(C)(C)C(C)(C)O2)c1C#N. The average Bonchev–Trinajstić information content (AvgIpc) is 2.57. The number of methoxy groups -OCH3 is 1. The molecule has 6 heteroatoms. The van der Waals surface area contributed by atoms with Crippen molar-refractivity contribution < 1.29 is 14.0 Å². The largest absolute Gasteiger partial charge is 0.496 e. The summed E-state index contributed by atoms with van der Waals surface area (Å²) >= 11 is 0. The second-order valence-corrected chi connectivity index (χ2v) is 5.48. The molecule has 19 heavy (non-hydrogen) atoms. The molecule has 100 valence electrons. The van der Waals surface area contributed by atoms with Gasteiger partial charge in [-0.3, -0.25) is 0 Å². The summed E-state index contributed by atoms with van der Waals surface area (Å²) in [7, 11) is 0.897. The first-order valence-corrected chi connectivity index (χ1v) is 6.11. The van der Waals surface area contributed by atoms with Crippen molar-refractivity contribution in [2.75, 3.05) is 7.11 Å². The smallest absolute Gasteiger partial charge is 0.480 e. The maximum Gasteiger partial charge on any atom is 0.496 e. The molecule has 0 amide bonds. The Morgan fingerprint density at radius 3 is 2.32 bits per heavy atom. The lowest BCUT2D eigenvalue weighted by Crippen LogP contribution is -2.41. The van der Waals surface area contributed by atoms with Crippen molar-refractivity contribution in [3.8, 4) is 11.9 Å². The van der Waals surface area contributed by atoms with Gasteiger partial charge in [-0.1, -0.05) is 0 Å². The molecular weight excluding hydrogens is 243 g/mol. The van der Waals surface area contributed by atoms with Crippen LogP contribution in [-0.2, 0) is 9.31 Å². The molecule has 0 unspecified atom stereocenters. The van der Waals surface area contributed by atoms with Gasteiger partial charge in [-0.15, -0.1) is 0 Å². The van der Waals surface area contributed by atoms with Gasteiger partial charge in [0.1, 0.15) is 11.6 Å². The van der Waals surface area contributed by atoms with E-state index in [4.69, 9.17) is 14.0 Å². The fourth-order valence-corrected chi connectivity index (χ4v) is 1.89. The molecule has 1 aromatic rings. The van der Waals surface area contributed by atoms with Gasteiger partial charge in [0, 0.05) is 11.7 Å². The van der Waals surface area contributed by atoms with Crippen LogP contribution in [0.15, 0.2) is 12.3 Å². The van der Waals surface area contributed by atoms with Crippen LogP contribution >= 0.6 is 0 Å². The molecule has 1 fully saturated rings. The fraction of sp³-hybridized carbons (Fsp3) is 0.538. The van der Waals surface area contributed by atoms with Crippen LogP contribution in [0.5, 0.6) is 5.88 Å². The van der Waals surface area contributed by atoms with Gasteiger partial charge in [-0.25, -0.2) is 4.98 Å². The third-order valence-electron chi connectivity index (χ3n) is 3.76. The van der Waals surface area contributed by atoms with Gasteiger partial charge >= 0.3 is 7.12 Å². The zero-order valence-corrected chi connectivity index (χ0v) is 11.9. The Hall–Kier alpha value is -1.58. The quantitative estimate of drug-likeness (QED) is 0.749. The first-order valence-electron chi connectivity index (χ1n) is 6.11. The molecule has 0 spiro atoms. The summed E-state index contributed by atoms with van der Waals surface area (Å²) in [4.78, 5) is 4.02. The highest BCUT2D eigenvalue weighted by Crippen LogP contribution is 2.36. The zero-order chi connectivity index (χ0) is 14.3. The molecule has 0 atom stereocenters. The normalized spacial score (nSPS) is 20.1. The first-order chi connectivity index (χ1) is 8.82. The number of hydrogen-bond acceptors (Lipinski definition) is 5. The molecule has 0 aliphatic carbocycles. The zero-order valence-electron chi connectivity index (χ0n) is 11.9. The van der Waals surface area contributed by atoms with Crippen LogP contribution in [0.25, 0.3) is 0 Å². The van der Waals surface area contributed by atoms with Crippen LogP contribution in [0, 0.1) is 11.3 Å². The van der Waals surface area contributed by atoms with Crippen LogP contribution in [-0.4, -0.2) is 30.4 Å². The standard InChI is InChI=1S/C13H17BN2O3/c1-12(2)13(3,4)19-14(18-12)10-6-7-16-11(17-5)9(10)8-15/h6-7H,1-5H3. The number of ether oxygens (including phenoxy) is 1. The molecule has 0 bridgehead atoms. The number of pyridine rings is 1. The summed E-state index contributed by atoms with van der Waals surface area (Å²) in [5, 5.41) is 9.27. The Bertz CT molecular complexity index is 521. The van der Waals surface area contributed by atoms with Crippen molar-refractivity contribution in [1.29, 1.82) is 5.26 Å². The highest BCUT2D eigenvalue weighted by atomic mass is 16.7. The van der Waals surface area contributed by atoms with E-state index in [2.05, 4.69) is 11.1 Å². The number of hydrogen-bond donors (Lipinski definition) is 0. The van der Waals surface area contributed by atoms with E-state index in [-0.39, 0.29) is 5.88 Å². The summed E-state index contributed by atoms with van der Waals surface area (Å²) < 4.78 is 17.0. The topological polar surface area (TPSA) is 64.4 Å². The Labute approximate surface area is 113 Å². The fourth-order valence-electron chi connectivity index (χ4n) is 1.89. The van der Waals surface area contributed by atoms with E-state index < -0.39 is 18.3 Å². The van der Waals surface area contributed by atoms with Crippen LogP contribution in [0.4, 0.5) is 0 Å². The first kappa shape index (κ1) is 13.8. The lowest BCUT2D eigenvalue weighted by molar-refractivity contribution is 0.00578. The summed E-state index contributed by atoms with van der Waals surface area (Å²) in [6.07, 6.45) is 1.58. The highest BCUT2D eigenvalue weighted by Gasteiger charge is 2.52. The van der Waals surface area contributed by atoms with Gasteiger partial charge in [0.25, 0.3) is 0 Å². The van der Waals surface area contributed by atoms with Gasteiger partial charge in [0.2, 0.25) is 5.88 Å². The third-order valence-corrected chi connectivity index (χ3v) is 3.76. The third kappa shape index (κ3) is 2.20. The van der Waals surface area contributed by atoms with Crippen molar-refractivity contribution in [3.63, 3.8) is 0 Å². The van der Waals surface area contributed by atoms with Crippen LogP contribution in [0.1, 0.15) is 33.3 Å². The van der Waals surface area contributed by atoms with E-state index in [0.717, 1.165) is 0 Å². The van der Waals surface area contributed by atoms with Gasteiger partial charge < -0.3 is 14.0 Å². The predicted molar refractivity (Wildman–Crippen MR) is 71.2 cm³/mol. The van der Waals surface area contributed by atoms with E-state index in [1.165, 1.54) is 7.11 Å². The van der Waals surface area contributed by atoms with E-state index >= 15 is 0 Å². The Morgan fingerprint density at radius 1 is 1.26 bits per heavy atom. The number of rotatable bonds is 2. The highest BCUT2D eigenvalue weighted by molar-refractivity contribution is 6.63. The molecule has 1 aliphatic heterocycles. The van der Waals surface area contributed by atoms with Gasteiger partial charge in [0.05, 0.1) is 18.3 Å². The Kier molecular flexibility index (Phi) is 3.29. The summed E-state index contributed by atoms with van der Waals surface area (Å²) in [5.41, 5.74) is 0.110. The van der Waals surface area contributed by atoms with E-state index in [0.29, 0.717) is 11.0 Å². The number of nitriles is 1. The van der Waals surface area contributed by atoms with Crippen LogP contribution in [0.2, 0.25) is 0 Å². The second-order valence-electron chi connectivity index (χ2n) is 5.48. The lowest BCUT2D eigenvalue weighted by Gasteiger charge is -2.32. The monoisotopic (exact) mass is 260 g/mol. The van der Waals surface area contributed by atoms with Crippen LogP contribution in [0.3, 0.4) is 0 Å². The summed E-state index contributed by atoms with van der Waals surface area (Å²) in [6, 6.07) is 3.82. The lowest BCUT2D eigenvalue weighted by atomic mass is 9.77. The minimum Gasteiger partial charge on any atom is -0.480 e. The molecule has 5 nitrogen and oxygen atoms in total. The molecule has 1 saturated heterocycles. The minimum atomic E-state index is -0.587. The molecule has 0 aromatic carbocycles. The van der Waals surface area contributed by atoms with Crippen molar-refractivity contribution in [3.05, 3.63) is 17.8 Å². The Morgan fingerprint density at radius 2 is 1.84 bits per heavy atom. The average molecular weight is 260 g/mol. The summed E-state index contributed by atoms with van der Waals surface area (Å²) in [5.74, 6) is 0.287. The molecule has 2 rings (SSSR count). The molecular formula is C13H17BN2O3. The predicted octanol–water partition coefficient (Wildman–Crippen LogP) is 1.26. The number of nitrogens with zero attached hydrogens (tertiary/aromatic N) is 2. The van der Waals surface area contributed by atoms with Gasteiger partial charge in [-0.2, -0.15) is 5.26 Å². The second kappa shape index (κ2) is 4.51. The van der Waals surface area contributed by atoms with Crippen molar-refractivity contribution in [2.24, 2.45) is 0 Å². The Balaban J connectivity index is 2.43. The van der Waals surface area contributed by atoms with Crippen molar-refractivity contribution >= 4 is 12.6 Å².